The molecule has 6 nitrogen and oxygen atoms in total. The SMILES string of the molecule is C=CC(CCC[Si](O[Si](C)(C)C)(O[Si](C)(C)C)O[Si](C)(C)C)OC(N)=O. The highest BCUT2D eigenvalue weighted by molar-refractivity contribution is 6.90. The van der Waals surface area contributed by atoms with Crippen molar-refractivity contribution in [2.24, 2.45) is 5.73 Å². The van der Waals surface area contributed by atoms with Gasteiger partial charge in [-0.2, -0.15) is 0 Å². The minimum Gasteiger partial charge on any atom is -0.442 e. The van der Waals surface area contributed by atoms with Crippen LogP contribution in [0, 0.1) is 0 Å². The van der Waals surface area contributed by atoms with E-state index in [-0.39, 0.29) is 0 Å². The van der Waals surface area contributed by atoms with Crippen molar-refractivity contribution >= 4 is 39.8 Å². The van der Waals surface area contributed by atoms with E-state index < -0.39 is 46.0 Å². The van der Waals surface area contributed by atoms with Crippen LogP contribution in [0.2, 0.25) is 65.0 Å². The van der Waals surface area contributed by atoms with Crippen molar-refractivity contribution in [2.75, 3.05) is 0 Å². The lowest BCUT2D eigenvalue weighted by atomic mass is 10.2. The molecule has 0 radical (unpaired) electrons. The molecule has 1 unspecified atom stereocenters. The van der Waals surface area contributed by atoms with Crippen LogP contribution >= 0.6 is 0 Å². The number of primary amides is 1. The zero-order valence-electron chi connectivity index (χ0n) is 18.1. The zero-order valence-corrected chi connectivity index (χ0v) is 22.1. The standard InChI is InChI=1S/C16H39NO5Si4/c1-11-15(19-16(17)18)13-12-14-26(20-23(2,3)4,21-24(5,6)7)22-25(8,9)10/h11,15H,1,12-14H2,2-10H3,(H2,17,18). The van der Waals surface area contributed by atoms with E-state index in [9.17, 15) is 4.79 Å². The predicted octanol–water partition coefficient (Wildman–Crippen LogP) is 4.91. The van der Waals surface area contributed by atoms with Crippen LogP contribution in [-0.4, -0.2) is 46.0 Å². The largest absolute Gasteiger partial charge is 0.469 e. The van der Waals surface area contributed by atoms with Gasteiger partial charge >= 0.3 is 14.9 Å². The number of rotatable bonds is 12. The van der Waals surface area contributed by atoms with Gasteiger partial charge in [0.1, 0.15) is 6.10 Å². The van der Waals surface area contributed by atoms with E-state index in [2.05, 4.69) is 65.5 Å². The monoisotopic (exact) mass is 437 g/mol. The fourth-order valence-corrected chi connectivity index (χ4v) is 17.2. The summed E-state index contributed by atoms with van der Waals surface area (Å²) in [5, 5.41) is 0. The molecule has 0 saturated carbocycles. The molecule has 2 N–H and O–H groups in total. The summed E-state index contributed by atoms with van der Waals surface area (Å²) in [5.41, 5.74) is 5.12. The molecule has 0 aromatic carbocycles. The summed E-state index contributed by atoms with van der Waals surface area (Å²) in [6, 6.07) is 0.707. The van der Waals surface area contributed by atoms with Gasteiger partial charge in [0.05, 0.1) is 0 Å². The van der Waals surface area contributed by atoms with Crippen LogP contribution in [-0.2, 0) is 17.1 Å². The van der Waals surface area contributed by atoms with Crippen molar-refractivity contribution in [2.45, 2.75) is 83.9 Å². The summed E-state index contributed by atoms with van der Waals surface area (Å²) in [4.78, 5) is 11.0. The fraction of sp³-hybridized carbons (Fsp3) is 0.812. The Labute approximate surface area is 164 Å². The van der Waals surface area contributed by atoms with E-state index in [0.717, 1.165) is 6.42 Å². The van der Waals surface area contributed by atoms with Gasteiger partial charge in [0.15, 0.2) is 25.0 Å². The van der Waals surface area contributed by atoms with E-state index in [0.29, 0.717) is 12.5 Å². The molecule has 0 aromatic heterocycles. The molecule has 26 heavy (non-hydrogen) atoms. The molecular formula is C16H39NO5Si4. The van der Waals surface area contributed by atoms with Crippen LogP contribution in [0.1, 0.15) is 12.8 Å². The van der Waals surface area contributed by atoms with Crippen molar-refractivity contribution in [1.82, 2.24) is 0 Å². The lowest BCUT2D eigenvalue weighted by molar-refractivity contribution is 0.124. The summed E-state index contributed by atoms with van der Waals surface area (Å²) in [5.74, 6) is 0. The van der Waals surface area contributed by atoms with Gasteiger partial charge in [0, 0.05) is 6.04 Å². The van der Waals surface area contributed by atoms with Crippen LogP contribution in [0.3, 0.4) is 0 Å². The summed E-state index contributed by atoms with van der Waals surface area (Å²) >= 11 is 0. The topological polar surface area (TPSA) is 80.0 Å². The van der Waals surface area contributed by atoms with Crippen molar-refractivity contribution < 1.29 is 21.9 Å². The quantitative estimate of drug-likeness (QED) is 0.346. The number of nitrogens with two attached hydrogens (primary N) is 1. The number of amides is 1. The van der Waals surface area contributed by atoms with Crippen LogP contribution in [0.5, 0.6) is 0 Å². The first-order chi connectivity index (χ1) is 11.5. The fourth-order valence-electron chi connectivity index (χ4n) is 2.51. The molecule has 0 aromatic rings. The Hall–Kier alpha value is -0.242. The van der Waals surface area contributed by atoms with Crippen LogP contribution in [0.4, 0.5) is 4.79 Å². The predicted molar refractivity (Wildman–Crippen MR) is 118 cm³/mol. The van der Waals surface area contributed by atoms with Crippen molar-refractivity contribution in [3.05, 3.63) is 12.7 Å². The van der Waals surface area contributed by atoms with E-state index in [1.54, 1.807) is 6.08 Å². The molecule has 0 aliphatic heterocycles. The number of hydrogen-bond donors (Lipinski definition) is 1. The van der Waals surface area contributed by atoms with Gasteiger partial charge in [-0.1, -0.05) is 12.7 Å². The average Bonchev–Trinajstić information content (AvgIpc) is 2.29. The van der Waals surface area contributed by atoms with Crippen LogP contribution < -0.4 is 5.73 Å². The first kappa shape index (κ1) is 25.8. The second kappa shape index (κ2) is 9.80. The average molecular weight is 438 g/mol. The molecule has 10 heteroatoms. The van der Waals surface area contributed by atoms with Gasteiger partial charge in [0.2, 0.25) is 0 Å². The molecule has 0 heterocycles. The van der Waals surface area contributed by atoms with Crippen molar-refractivity contribution in [3.63, 3.8) is 0 Å². The Morgan fingerprint density at radius 1 is 0.923 bits per heavy atom. The molecule has 0 spiro atoms. The Bertz CT molecular complexity index is 428. The summed E-state index contributed by atoms with van der Waals surface area (Å²) < 4.78 is 24.9. The van der Waals surface area contributed by atoms with Gasteiger partial charge in [0.25, 0.3) is 0 Å². The normalized spacial score (nSPS) is 14.8. The molecule has 0 aliphatic rings. The molecular weight excluding hydrogens is 399 g/mol. The third-order valence-electron chi connectivity index (χ3n) is 2.89. The molecule has 154 valence electrons. The molecule has 1 atom stereocenters. The molecule has 0 bridgehead atoms. The van der Waals surface area contributed by atoms with Gasteiger partial charge in [-0.15, -0.1) is 0 Å². The maximum Gasteiger partial charge on any atom is 0.469 e. The van der Waals surface area contributed by atoms with E-state index in [1.165, 1.54) is 0 Å². The Balaban J connectivity index is 5.43. The number of hydrogen-bond acceptors (Lipinski definition) is 5. The lowest BCUT2D eigenvalue weighted by Gasteiger charge is -2.43. The second-order valence-electron chi connectivity index (χ2n) is 9.43. The molecule has 0 rings (SSSR count). The van der Waals surface area contributed by atoms with Gasteiger partial charge < -0.3 is 22.8 Å². The number of ether oxygens (including phenoxy) is 1. The van der Waals surface area contributed by atoms with Crippen LogP contribution in [0.15, 0.2) is 12.7 Å². The smallest absolute Gasteiger partial charge is 0.442 e. The highest BCUT2D eigenvalue weighted by Gasteiger charge is 2.49. The van der Waals surface area contributed by atoms with Gasteiger partial charge in [-0.25, -0.2) is 4.79 Å². The zero-order chi connectivity index (χ0) is 20.8. The summed E-state index contributed by atoms with van der Waals surface area (Å²) in [6.07, 6.45) is 1.81. The summed E-state index contributed by atoms with van der Waals surface area (Å²) in [6.45, 7) is 23.2. The van der Waals surface area contributed by atoms with E-state index in [4.69, 9.17) is 22.8 Å². The highest BCUT2D eigenvalue weighted by atomic mass is 28.5. The third-order valence-corrected chi connectivity index (χ3v) is 14.9. The van der Waals surface area contributed by atoms with E-state index >= 15 is 0 Å². The molecule has 0 fully saturated rings. The Morgan fingerprint density at radius 2 is 1.31 bits per heavy atom. The maximum absolute atomic E-state index is 11.0. The number of carbonyl (C=O) groups is 1. The van der Waals surface area contributed by atoms with Gasteiger partial charge in [-0.3, -0.25) is 0 Å². The molecule has 0 saturated heterocycles. The molecule has 0 aliphatic carbocycles. The van der Waals surface area contributed by atoms with Crippen molar-refractivity contribution in [3.8, 4) is 0 Å². The Kier molecular flexibility index (Phi) is 9.71. The van der Waals surface area contributed by atoms with Gasteiger partial charge in [-0.05, 0) is 71.8 Å². The third kappa shape index (κ3) is 13.0. The summed E-state index contributed by atoms with van der Waals surface area (Å²) in [7, 11) is -8.46. The lowest BCUT2D eigenvalue weighted by Crippen LogP contribution is -2.60. The molecule has 1 amide bonds. The maximum atomic E-state index is 11.0. The second-order valence-corrected chi connectivity index (χ2v) is 26.4. The number of carbonyl (C=O) groups excluding carboxylic acids is 1. The first-order valence-electron chi connectivity index (χ1n) is 9.16. The highest BCUT2D eigenvalue weighted by Crippen LogP contribution is 2.30. The minimum absolute atomic E-state index is 0.398. The van der Waals surface area contributed by atoms with Crippen molar-refractivity contribution in [1.29, 1.82) is 0 Å². The minimum atomic E-state index is -2.84. The Morgan fingerprint density at radius 3 is 1.58 bits per heavy atom. The van der Waals surface area contributed by atoms with Crippen LogP contribution in [0.25, 0.3) is 0 Å². The van der Waals surface area contributed by atoms with E-state index in [1.807, 2.05) is 0 Å². The first-order valence-corrected chi connectivity index (χ1v) is 21.3.